The molecule has 1 aromatic carbocycles. The maximum absolute atomic E-state index is 12.5. The van der Waals surface area contributed by atoms with Crippen molar-refractivity contribution in [3.63, 3.8) is 0 Å². The number of likely N-dealkylation sites (N-methyl/N-ethyl adjacent to an activating group) is 1. The molecule has 0 aliphatic rings. The quantitative estimate of drug-likeness (QED) is 0.0432. The van der Waals surface area contributed by atoms with Crippen molar-refractivity contribution in [2.45, 2.75) is 123 Å². The Hall–Kier alpha value is -1.77. The molecular formula is C31H55N2O7P. The Labute approximate surface area is 248 Å². The minimum atomic E-state index is -5.07. The second kappa shape index (κ2) is 20.2. The number of quaternary nitrogens is 1. The third kappa shape index (κ3) is 19.9. The van der Waals surface area contributed by atoms with Gasteiger partial charge in [-0.2, -0.15) is 0 Å². The van der Waals surface area contributed by atoms with E-state index >= 15 is 0 Å². The van der Waals surface area contributed by atoms with Gasteiger partial charge in [0.15, 0.2) is 5.78 Å². The van der Waals surface area contributed by atoms with Gasteiger partial charge in [-0.25, -0.2) is 0 Å². The first-order chi connectivity index (χ1) is 19.3. The van der Waals surface area contributed by atoms with Gasteiger partial charge in [-0.3, -0.25) is 18.7 Å². The number of phosphoric acid groups is 1. The SMILES string of the molecule is CCCCCCCCCCCCCCCCCC(=O)Nc1ccc(OC(C[N+](C)(C)C)OP(=O)([O-])O)c(C(C)=O)c1. The van der Waals surface area contributed by atoms with E-state index < -0.39 is 14.1 Å². The Morgan fingerprint density at radius 1 is 0.902 bits per heavy atom. The lowest BCUT2D eigenvalue weighted by Gasteiger charge is -2.31. The van der Waals surface area contributed by atoms with E-state index in [1.807, 2.05) is 0 Å². The van der Waals surface area contributed by atoms with Crippen LogP contribution in [0.1, 0.15) is 127 Å². The number of ketones is 1. The molecule has 2 atom stereocenters. The summed E-state index contributed by atoms with van der Waals surface area (Å²) < 4.78 is 22.0. The van der Waals surface area contributed by atoms with Crippen molar-refractivity contribution < 1.29 is 37.7 Å². The van der Waals surface area contributed by atoms with Crippen molar-refractivity contribution >= 4 is 25.2 Å². The van der Waals surface area contributed by atoms with Crippen LogP contribution in [0.2, 0.25) is 0 Å². The average molecular weight is 599 g/mol. The molecule has 1 rings (SSSR count). The summed E-state index contributed by atoms with van der Waals surface area (Å²) >= 11 is 0. The molecule has 0 saturated carbocycles. The molecule has 9 nitrogen and oxygen atoms in total. The van der Waals surface area contributed by atoms with Gasteiger partial charge < -0.3 is 24.3 Å². The molecule has 0 aliphatic heterocycles. The van der Waals surface area contributed by atoms with E-state index in [0.717, 1.165) is 19.3 Å². The number of ether oxygens (including phenoxy) is 1. The molecule has 0 heterocycles. The zero-order valence-corrected chi connectivity index (χ0v) is 27.0. The van der Waals surface area contributed by atoms with Crippen LogP contribution in [0, 0.1) is 0 Å². The maximum atomic E-state index is 12.5. The van der Waals surface area contributed by atoms with Crippen LogP contribution in [0.5, 0.6) is 5.75 Å². The number of rotatable bonds is 24. The second-order valence-electron chi connectivity index (χ2n) is 12.1. The summed E-state index contributed by atoms with van der Waals surface area (Å²) in [6, 6.07) is 4.57. The summed E-state index contributed by atoms with van der Waals surface area (Å²) in [4.78, 5) is 45.2. The van der Waals surface area contributed by atoms with E-state index in [-0.39, 0.29) is 34.0 Å². The Kier molecular flexibility index (Phi) is 18.3. The number of carbonyl (C=O) groups is 2. The molecular weight excluding hydrogens is 543 g/mol. The summed E-state index contributed by atoms with van der Waals surface area (Å²) in [6.07, 6.45) is 18.1. The highest BCUT2D eigenvalue weighted by Crippen LogP contribution is 2.35. The number of Topliss-reactive ketones (excluding diaryl/α,β-unsaturated/α-hetero) is 1. The molecule has 0 bridgehead atoms. The molecule has 41 heavy (non-hydrogen) atoms. The minimum absolute atomic E-state index is 0.0852. The molecule has 0 aromatic heterocycles. The number of anilines is 1. The van der Waals surface area contributed by atoms with Gasteiger partial charge in [0.25, 0.3) is 14.1 Å². The van der Waals surface area contributed by atoms with Crippen LogP contribution in [0.15, 0.2) is 18.2 Å². The Balaban J connectivity index is 2.37. The number of phosphoric ester groups is 1. The fourth-order valence-electron chi connectivity index (χ4n) is 4.70. The van der Waals surface area contributed by atoms with Gasteiger partial charge in [-0.05, 0) is 31.5 Å². The van der Waals surface area contributed by atoms with Crippen LogP contribution >= 0.6 is 7.82 Å². The molecule has 1 amide bonds. The number of nitrogens with one attached hydrogen (secondary N) is 1. The summed E-state index contributed by atoms with van der Waals surface area (Å²) in [6.45, 7) is 3.69. The Bertz CT molecular complexity index is 943. The number of hydrogen-bond donors (Lipinski definition) is 2. The highest BCUT2D eigenvalue weighted by molar-refractivity contribution is 7.44. The molecule has 0 saturated heterocycles. The first-order valence-electron chi connectivity index (χ1n) is 15.4. The number of unbranched alkanes of at least 4 members (excludes halogenated alkanes) is 14. The van der Waals surface area contributed by atoms with Crippen LogP contribution < -0.4 is 14.9 Å². The van der Waals surface area contributed by atoms with E-state index in [9.17, 15) is 19.0 Å². The summed E-state index contributed by atoms with van der Waals surface area (Å²) in [5.74, 6) is -0.344. The monoisotopic (exact) mass is 598 g/mol. The van der Waals surface area contributed by atoms with Gasteiger partial charge in [0.1, 0.15) is 12.3 Å². The minimum Gasteiger partial charge on any atom is -0.756 e. The van der Waals surface area contributed by atoms with Gasteiger partial charge >= 0.3 is 0 Å². The maximum Gasteiger partial charge on any atom is 0.268 e. The van der Waals surface area contributed by atoms with Crippen molar-refractivity contribution in [3.8, 4) is 5.75 Å². The lowest BCUT2D eigenvalue weighted by Crippen LogP contribution is -2.44. The van der Waals surface area contributed by atoms with Crippen molar-refractivity contribution in [1.82, 2.24) is 0 Å². The number of benzene rings is 1. The van der Waals surface area contributed by atoms with E-state index in [2.05, 4.69) is 12.2 Å². The first-order valence-corrected chi connectivity index (χ1v) is 16.9. The van der Waals surface area contributed by atoms with Gasteiger partial charge in [-0.15, -0.1) is 0 Å². The molecule has 2 unspecified atom stereocenters. The van der Waals surface area contributed by atoms with E-state index in [1.165, 1.54) is 96.1 Å². The van der Waals surface area contributed by atoms with Crippen LogP contribution in [-0.4, -0.2) is 55.0 Å². The zero-order valence-electron chi connectivity index (χ0n) is 26.1. The topological polar surface area (TPSA) is 125 Å². The Morgan fingerprint density at radius 3 is 1.83 bits per heavy atom. The number of hydrogen-bond acceptors (Lipinski definition) is 6. The lowest BCUT2D eigenvalue weighted by molar-refractivity contribution is -0.875. The largest absolute Gasteiger partial charge is 0.756 e. The highest BCUT2D eigenvalue weighted by Gasteiger charge is 2.26. The number of amides is 1. The van der Waals surface area contributed by atoms with Crippen LogP contribution in [0.3, 0.4) is 0 Å². The van der Waals surface area contributed by atoms with Gasteiger partial charge in [0.05, 0.1) is 26.7 Å². The molecule has 0 radical (unpaired) electrons. The summed E-state index contributed by atoms with van der Waals surface area (Å²) in [7, 11) is 0.334. The van der Waals surface area contributed by atoms with Crippen LogP contribution in [0.25, 0.3) is 0 Å². The van der Waals surface area contributed by atoms with Gasteiger partial charge in [-0.1, -0.05) is 96.8 Å². The molecule has 0 aliphatic carbocycles. The third-order valence-electron chi connectivity index (χ3n) is 6.86. The lowest BCUT2D eigenvalue weighted by atomic mass is 10.0. The number of nitrogens with zero attached hydrogens (tertiary/aromatic N) is 1. The number of carbonyl (C=O) groups excluding carboxylic acids is 2. The normalized spacial score (nSPS) is 13.9. The molecule has 0 fully saturated rings. The molecule has 0 spiro atoms. The predicted molar refractivity (Wildman–Crippen MR) is 163 cm³/mol. The Morgan fingerprint density at radius 2 is 1.39 bits per heavy atom. The van der Waals surface area contributed by atoms with Crippen molar-refractivity contribution in [2.24, 2.45) is 0 Å². The van der Waals surface area contributed by atoms with Crippen LogP contribution in [0.4, 0.5) is 5.69 Å². The van der Waals surface area contributed by atoms with Crippen LogP contribution in [-0.2, 0) is 13.9 Å². The standard InChI is InChI=1S/C31H55N2O7P/c1-6-7-8-9-10-11-12-13-14-15-16-17-18-19-20-21-30(35)32-27-22-23-29(28(24-27)26(2)34)39-31(25-33(3,4)5)40-41(36,37)38/h22-24,31H,6-21,25H2,1-5H3,(H2-,32,35,36,37,38). The highest BCUT2D eigenvalue weighted by atomic mass is 31.2. The van der Waals surface area contributed by atoms with Crippen molar-refractivity contribution in [3.05, 3.63) is 23.8 Å². The van der Waals surface area contributed by atoms with E-state index in [1.54, 1.807) is 27.2 Å². The summed E-state index contributed by atoms with van der Waals surface area (Å²) in [5.41, 5.74) is 0.623. The van der Waals surface area contributed by atoms with E-state index in [0.29, 0.717) is 12.1 Å². The van der Waals surface area contributed by atoms with Gasteiger partial charge in [0.2, 0.25) is 5.91 Å². The fraction of sp³-hybridized carbons (Fsp3) is 0.742. The third-order valence-corrected chi connectivity index (χ3v) is 7.36. The average Bonchev–Trinajstić information content (AvgIpc) is 2.85. The van der Waals surface area contributed by atoms with E-state index in [4.69, 9.17) is 14.2 Å². The van der Waals surface area contributed by atoms with Crippen molar-refractivity contribution in [2.75, 3.05) is 33.0 Å². The first kappa shape index (κ1) is 37.3. The van der Waals surface area contributed by atoms with Crippen molar-refractivity contribution in [1.29, 1.82) is 0 Å². The molecule has 2 N–H and O–H groups in total. The zero-order chi connectivity index (χ0) is 30.7. The molecule has 236 valence electrons. The predicted octanol–water partition coefficient (Wildman–Crippen LogP) is 6.98. The summed E-state index contributed by atoms with van der Waals surface area (Å²) in [5, 5.41) is 2.83. The smallest absolute Gasteiger partial charge is 0.268 e. The second-order valence-corrected chi connectivity index (χ2v) is 13.3. The molecule has 10 heteroatoms. The molecule has 1 aromatic rings. The van der Waals surface area contributed by atoms with Gasteiger partial charge in [0, 0.05) is 12.1 Å². The fourth-order valence-corrected chi connectivity index (χ4v) is 5.10.